The van der Waals surface area contributed by atoms with E-state index in [-0.39, 0.29) is 10.7 Å². The number of halogens is 2. The summed E-state index contributed by atoms with van der Waals surface area (Å²) in [6.07, 6.45) is 1.38. The van der Waals surface area contributed by atoms with Gasteiger partial charge in [-0.3, -0.25) is 9.59 Å². The van der Waals surface area contributed by atoms with E-state index in [9.17, 15) is 22.4 Å². The van der Waals surface area contributed by atoms with E-state index in [0.29, 0.717) is 5.56 Å². The molecule has 154 valence electrons. The number of aryl methyl sites for hydroxylation is 1. The quantitative estimate of drug-likeness (QED) is 0.614. The molecule has 10 heteroatoms. The summed E-state index contributed by atoms with van der Waals surface area (Å²) in [5, 5.41) is 3.25. The molecule has 0 saturated carbocycles. The number of esters is 1. The maximum atomic E-state index is 13.0. The van der Waals surface area contributed by atoms with Crippen molar-refractivity contribution in [3.05, 3.63) is 69.8 Å². The van der Waals surface area contributed by atoms with Crippen LogP contribution in [0.15, 0.2) is 47.9 Å². The molecule has 0 heterocycles. The van der Waals surface area contributed by atoms with Crippen molar-refractivity contribution in [3.8, 4) is 0 Å². The number of carbonyl (C=O) groups is 2. The molecular formula is C19H18ClFN2O5S. The van der Waals surface area contributed by atoms with Gasteiger partial charge in [0.05, 0.1) is 10.7 Å². The van der Waals surface area contributed by atoms with E-state index in [1.54, 1.807) is 12.1 Å². The number of amides is 1. The molecule has 1 amide bonds. The Morgan fingerprint density at radius 1 is 1.17 bits per heavy atom. The zero-order valence-corrected chi connectivity index (χ0v) is 16.9. The van der Waals surface area contributed by atoms with Crippen molar-refractivity contribution in [2.75, 3.05) is 18.5 Å². The number of rotatable bonds is 8. The fourth-order valence-corrected chi connectivity index (χ4v) is 2.99. The Bertz CT molecular complexity index is 1020. The van der Waals surface area contributed by atoms with Crippen LogP contribution in [0, 0.1) is 12.7 Å². The smallest absolute Gasteiger partial charge is 0.321 e. The largest absolute Gasteiger partial charge is 0.455 e. The lowest BCUT2D eigenvalue weighted by molar-refractivity contribution is -0.146. The van der Waals surface area contributed by atoms with Gasteiger partial charge in [-0.15, -0.1) is 0 Å². The highest BCUT2D eigenvalue weighted by molar-refractivity contribution is 7.92. The van der Waals surface area contributed by atoms with Crippen LogP contribution in [0.25, 0.3) is 6.08 Å². The maximum absolute atomic E-state index is 13.0. The molecule has 2 aromatic carbocycles. The fourth-order valence-electron chi connectivity index (χ4n) is 2.03. The molecule has 0 aromatic heterocycles. The van der Waals surface area contributed by atoms with Gasteiger partial charge in [0, 0.05) is 5.41 Å². The Morgan fingerprint density at radius 3 is 2.52 bits per heavy atom. The summed E-state index contributed by atoms with van der Waals surface area (Å²) in [6, 6.07) is 10.5. The summed E-state index contributed by atoms with van der Waals surface area (Å²) in [5.74, 6) is -2.23. The van der Waals surface area contributed by atoms with E-state index >= 15 is 0 Å². The van der Waals surface area contributed by atoms with Gasteiger partial charge in [-0.2, -0.15) is 0 Å². The number of sulfonamides is 1. The first-order valence-electron chi connectivity index (χ1n) is 8.29. The summed E-state index contributed by atoms with van der Waals surface area (Å²) in [6.45, 7) is 0.602. The van der Waals surface area contributed by atoms with Crippen LogP contribution in [0.2, 0.25) is 5.02 Å². The summed E-state index contributed by atoms with van der Waals surface area (Å²) in [4.78, 5) is 23.4. The van der Waals surface area contributed by atoms with Crippen LogP contribution in [0.5, 0.6) is 0 Å². The third kappa shape index (κ3) is 8.02. The SMILES string of the molecule is Cc1ccc(C=CS(=O)(=O)NCC(=O)OCC(=O)Nc2ccc(F)cc2Cl)cc1. The highest BCUT2D eigenvalue weighted by Gasteiger charge is 2.13. The summed E-state index contributed by atoms with van der Waals surface area (Å²) < 4.78 is 43.5. The predicted octanol–water partition coefficient (Wildman–Crippen LogP) is 2.86. The number of hydrogen-bond acceptors (Lipinski definition) is 5. The van der Waals surface area contributed by atoms with Gasteiger partial charge >= 0.3 is 5.97 Å². The van der Waals surface area contributed by atoms with Crippen molar-refractivity contribution in [1.29, 1.82) is 0 Å². The van der Waals surface area contributed by atoms with Crippen LogP contribution in [0.4, 0.5) is 10.1 Å². The second-order valence-electron chi connectivity index (χ2n) is 5.91. The second-order valence-corrected chi connectivity index (χ2v) is 7.97. The molecular weight excluding hydrogens is 423 g/mol. The highest BCUT2D eigenvalue weighted by Crippen LogP contribution is 2.22. The molecule has 7 nitrogen and oxygen atoms in total. The van der Waals surface area contributed by atoms with Crippen molar-refractivity contribution in [1.82, 2.24) is 4.72 Å². The second kappa shape index (κ2) is 10.1. The van der Waals surface area contributed by atoms with E-state index in [1.807, 2.05) is 23.8 Å². The van der Waals surface area contributed by atoms with Crippen LogP contribution in [0.3, 0.4) is 0 Å². The minimum atomic E-state index is -3.87. The molecule has 2 rings (SSSR count). The standard InChI is InChI=1S/C19H18ClFN2O5S/c1-13-2-4-14(5-3-13)8-9-29(26,27)22-11-19(25)28-12-18(24)23-17-7-6-15(21)10-16(17)20/h2-10,22H,11-12H2,1H3,(H,23,24). The molecule has 0 bridgehead atoms. The molecule has 0 unspecified atom stereocenters. The van der Waals surface area contributed by atoms with E-state index in [1.165, 1.54) is 12.1 Å². The van der Waals surface area contributed by atoms with Crippen LogP contribution in [0.1, 0.15) is 11.1 Å². The first-order valence-corrected chi connectivity index (χ1v) is 10.2. The Kier molecular flexibility index (Phi) is 7.89. The molecule has 0 radical (unpaired) electrons. The Labute approximate surface area is 172 Å². The third-order valence-electron chi connectivity index (χ3n) is 3.50. The van der Waals surface area contributed by atoms with Crippen LogP contribution in [-0.4, -0.2) is 33.4 Å². The molecule has 2 N–H and O–H groups in total. The average molecular weight is 441 g/mol. The lowest BCUT2D eigenvalue weighted by Gasteiger charge is -2.08. The van der Waals surface area contributed by atoms with Crippen LogP contribution < -0.4 is 10.0 Å². The van der Waals surface area contributed by atoms with Crippen molar-refractivity contribution in [2.45, 2.75) is 6.92 Å². The molecule has 0 aliphatic heterocycles. The molecule has 0 spiro atoms. The fraction of sp³-hybridized carbons (Fsp3) is 0.158. The third-order valence-corrected chi connectivity index (χ3v) is 4.86. The molecule has 29 heavy (non-hydrogen) atoms. The first kappa shape index (κ1) is 22.5. The Hall–Kier alpha value is -2.75. The summed E-state index contributed by atoms with van der Waals surface area (Å²) in [5.41, 5.74) is 1.87. The molecule has 0 saturated heterocycles. The monoisotopic (exact) mass is 440 g/mol. The highest BCUT2D eigenvalue weighted by atomic mass is 35.5. The lowest BCUT2D eigenvalue weighted by Crippen LogP contribution is -2.31. The minimum Gasteiger partial charge on any atom is -0.455 e. The summed E-state index contributed by atoms with van der Waals surface area (Å²) in [7, 11) is -3.87. The predicted molar refractivity (Wildman–Crippen MR) is 108 cm³/mol. The van der Waals surface area contributed by atoms with Crippen molar-refractivity contribution >= 4 is 45.3 Å². The zero-order valence-electron chi connectivity index (χ0n) is 15.3. The summed E-state index contributed by atoms with van der Waals surface area (Å²) >= 11 is 5.77. The van der Waals surface area contributed by atoms with E-state index in [2.05, 4.69) is 5.32 Å². The number of ether oxygens (including phenoxy) is 1. The van der Waals surface area contributed by atoms with Gasteiger partial charge in [-0.25, -0.2) is 17.5 Å². The van der Waals surface area contributed by atoms with E-state index < -0.39 is 40.9 Å². The minimum absolute atomic E-state index is 0.0159. The van der Waals surface area contributed by atoms with Gasteiger partial charge in [0.25, 0.3) is 5.91 Å². The molecule has 0 atom stereocenters. The van der Waals surface area contributed by atoms with Crippen molar-refractivity contribution in [3.63, 3.8) is 0 Å². The van der Waals surface area contributed by atoms with Gasteiger partial charge in [0.15, 0.2) is 6.61 Å². The maximum Gasteiger partial charge on any atom is 0.321 e. The molecule has 0 aliphatic carbocycles. The average Bonchev–Trinajstić information content (AvgIpc) is 2.67. The number of anilines is 1. The normalized spacial score (nSPS) is 11.4. The molecule has 0 fully saturated rings. The molecule has 2 aromatic rings. The lowest BCUT2D eigenvalue weighted by atomic mass is 10.2. The van der Waals surface area contributed by atoms with Crippen molar-refractivity contribution < 1.29 is 27.1 Å². The number of carbonyl (C=O) groups excluding carboxylic acids is 2. The van der Waals surface area contributed by atoms with Crippen LogP contribution >= 0.6 is 11.6 Å². The van der Waals surface area contributed by atoms with Crippen molar-refractivity contribution in [2.24, 2.45) is 0 Å². The number of benzene rings is 2. The number of hydrogen-bond donors (Lipinski definition) is 2. The Morgan fingerprint density at radius 2 is 1.86 bits per heavy atom. The van der Waals surface area contributed by atoms with Gasteiger partial charge in [0.1, 0.15) is 12.4 Å². The van der Waals surface area contributed by atoms with Crippen LogP contribution in [-0.2, 0) is 24.3 Å². The van der Waals surface area contributed by atoms with Gasteiger partial charge < -0.3 is 10.1 Å². The molecule has 0 aliphatic rings. The van der Waals surface area contributed by atoms with Gasteiger partial charge in [-0.05, 0) is 36.8 Å². The number of nitrogens with one attached hydrogen (secondary N) is 2. The van der Waals surface area contributed by atoms with E-state index in [4.69, 9.17) is 16.3 Å². The Balaban J connectivity index is 1.78. The zero-order chi connectivity index (χ0) is 21.4. The first-order chi connectivity index (χ1) is 13.6. The van der Waals surface area contributed by atoms with Gasteiger partial charge in [0.2, 0.25) is 10.0 Å². The topological polar surface area (TPSA) is 102 Å². The van der Waals surface area contributed by atoms with E-state index in [0.717, 1.165) is 23.1 Å². The van der Waals surface area contributed by atoms with Gasteiger partial charge in [-0.1, -0.05) is 41.4 Å².